The van der Waals surface area contributed by atoms with Gasteiger partial charge in [0.05, 0.1) is 16.8 Å². The van der Waals surface area contributed by atoms with Gasteiger partial charge < -0.3 is 4.90 Å². The Labute approximate surface area is 394 Å². The van der Waals surface area contributed by atoms with Crippen molar-refractivity contribution in [2.75, 3.05) is 4.90 Å². The second-order valence-corrected chi connectivity index (χ2v) is 19.6. The van der Waals surface area contributed by atoms with Crippen molar-refractivity contribution in [3.05, 3.63) is 274 Å². The van der Waals surface area contributed by atoms with E-state index < -0.39 is 5.41 Å². The lowest BCUT2D eigenvalue weighted by atomic mass is 9.62. The molecule has 8 aromatic rings. The molecule has 0 fully saturated rings. The summed E-state index contributed by atoms with van der Waals surface area (Å²) in [4.78, 5) is 2.79. The first kappa shape index (κ1) is 39.4. The second-order valence-electron chi connectivity index (χ2n) is 19.6. The number of rotatable bonds is 6. The molecule has 1 nitrogen and oxygen atoms in total. The molecule has 5 aliphatic rings. The topological polar surface area (TPSA) is 3.24 Å². The molecular weight excluding hydrogens is 807 g/mol. The standard InChI is InChI=1S/C66H49N/c1-65(2,3)58-35-19-33-52(43-21-7-4-8-22-43)63(58)67(64-57-39-46-27-13-18-32-51(46)56(57)42-55(44-23-9-5-10-24-44)62(64)45-25-11-6-12-26-45)61-37-36-54-50-31-17-15-29-48(50)41-60(54)66(61)38-20-34-53-49-30-16-14-28-47(49)40-59(53)66/h4-38,40-42H,39H2,1-3H3. The van der Waals surface area contributed by atoms with Crippen molar-refractivity contribution in [2.45, 2.75) is 32.6 Å². The number of hydrogen-bond donors (Lipinski definition) is 0. The van der Waals surface area contributed by atoms with Gasteiger partial charge >= 0.3 is 0 Å². The van der Waals surface area contributed by atoms with E-state index in [-0.39, 0.29) is 5.41 Å². The minimum absolute atomic E-state index is 0.239. The van der Waals surface area contributed by atoms with Gasteiger partial charge in [-0.1, -0.05) is 227 Å². The molecule has 1 spiro atoms. The highest BCUT2D eigenvalue weighted by Crippen LogP contribution is 2.65. The molecular formula is C66H49N. The van der Waals surface area contributed by atoms with Crippen molar-refractivity contribution in [1.82, 2.24) is 0 Å². The lowest BCUT2D eigenvalue weighted by molar-refractivity contribution is 0.588. The molecule has 8 aromatic carbocycles. The zero-order chi connectivity index (χ0) is 44.9. The zero-order valence-electron chi connectivity index (χ0n) is 38.1. The molecule has 0 aliphatic heterocycles. The molecule has 0 radical (unpaired) electrons. The van der Waals surface area contributed by atoms with Crippen molar-refractivity contribution in [3.8, 4) is 44.5 Å². The Bertz CT molecular complexity index is 3530. The molecule has 0 bridgehead atoms. The minimum atomic E-state index is -0.694. The van der Waals surface area contributed by atoms with Crippen LogP contribution in [-0.4, -0.2) is 0 Å². The summed E-state index contributed by atoms with van der Waals surface area (Å²) < 4.78 is 0. The maximum atomic E-state index is 2.79. The summed E-state index contributed by atoms with van der Waals surface area (Å²) in [6.07, 6.45) is 18.0. The average molecular weight is 856 g/mol. The van der Waals surface area contributed by atoms with Crippen LogP contribution in [0.2, 0.25) is 0 Å². The van der Waals surface area contributed by atoms with E-state index in [2.05, 4.69) is 256 Å². The summed E-state index contributed by atoms with van der Waals surface area (Å²) in [6.45, 7) is 7.15. The lowest BCUT2D eigenvalue weighted by Crippen LogP contribution is -2.38. The van der Waals surface area contributed by atoms with Crippen LogP contribution in [0.15, 0.2) is 235 Å². The van der Waals surface area contributed by atoms with Crippen LogP contribution in [0.3, 0.4) is 0 Å². The Morgan fingerprint density at radius 1 is 0.448 bits per heavy atom. The average Bonchev–Trinajstić information content (AvgIpc) is 4.08. The Kier molecular flexibility index (Phi) is 8.83. The molecule has 1 heteroatoms. The maximum Gasteiger partial charge on any atom is 0.0803 e. The Balaban J connectivity index is 1.24. The summed E-state index contributed by atoms with van der Waals surface area (Å²) in [7, 11) is 0. The maximum absolute atomic E-state index is 2.79. The van der Waals surface area contributed by atoms with Crippen LogP contribution in [0.4, 0.5) is 11.4 Å². The van der Waals surface area contributed by atoms with E-state index >= 15 is 0 Å². The van der Waals surface area contributed by atoms with E-state index in [0.29, 0.717) is 0 Å². The lowest BCUT2D eigenvalue weighted by Gasteiger charge is -2.48. The Morgan fingerprint density at radius 3 is 1.63 bits per heavy atom. The molecule has 1 atom stereocenters. The second kappa shape index (κ2) is 15.0. The van der Waals surface area contributed by atoms with Crippen LogP contribution in [0.25, 0.3) is 67.8 Å². The minimum Gasteiger partial charge on any atom is -0.311 e. The third-order valence-electron chi connectivity index (χ3n) is 14.8. The van der Waals surface area contributed by atoms with Crippen LogP contribution >= 0.6 is 0 Å². The summed E-state index contributed by atoms with van der Waals surface area (Å²) in [5.41, 5.74) is 26.8. The molecule has 0 saturated heterocycles. The van der Waals surface area contributed by atoms with Gasteiger partial charge in [-0.05, 0) is 124 Å². The van der Waals surface area contributed by atoms with Crippen LogP contribution < -0.4 is 4.90 Å². The van der Waals surface area contributed by atoms with Gasteiger partial charge in [0.2, 0.25) is 0 Å². The van der Waals surface area contributed by atoms with Gasteiger partial charge in [-0.3, -0.25) is 0 Å². The number of para-hydroxylation sites is 1. The van der Waals surface area contributed by atoms with Gasteiger partial charge in [0.25, 0.3) is 0 Å². The van der Waals surface area contributed by atoms with Gasteiger partial charge in [-0.25, -0.2) is 0 Å². The van der Waals surface area contributed by atoms with Crippen LogP contribution in [0.1, 0.15) is 59.7 Å². The van der Waals surface area contributed by atoms with Crippen LogP contribution in [0, 0.1) is 5.41 Å². The van der Waals surface area contributed by atoms with Gasteiger partial charge in [-0.15, -0.1) is 0 Å². The number of anilines is 2. The normalized spacial score (nSPS) is 17.0. The molecule has 0 N–H and O–H groups in total. The molecule has 0 amide bonds. The van der Waals surface area contributed by atoms with Crippen molar-refractivity contribution in [1.29, 1.82) is 0 Å². The quantitative estimate of drug-likeness (QED) is 0.161. The predicted octanol–water partition coefficient (Wildman–Crippen LogP) is 17.1. The Morgan fingerprint density at radius 2 is 0.985 bits per heavy atom. The van der Waals surface area contributed by atoms with Crippen LogP contribution in [0.5, 0.6) is 0 Å². The predicted molar refractivity (Wildman–Crippen MR) is 283 cm³/mol. The fourth-order valence-electron chi connectivity index (χ4n) is 11.9. The summed E-state index contributed by atoms with van der Waals surface area (Å²) >= 11 is 0. The fraction of sp³-hybridized carbons (Fsp3) is 0.0909. The van der Waals surface area contributed by atoms with Gasteiger partial charge in [-0.2, -0.15) is 0 Å². The highest BCUT2D eigenvalue weighted by atomic mass is 15.2. The number of nitrogens with zero attached hydrogens (tertiary/aromatic N) is 1. The van der Waals surface area contributed by atoms with Crippen molar-refractivity contribution in [3.63, 3.8) is 0 Å². The summed E-state index contributed by atoms with van der Waals surface area (Å²) in [6, 6.07) is 69.9. The van der Waals surface area contributed by atoms with E-state index in [0.717, 1.165) is 6.42 Å². The summed E-state index contributed by atoms with van der Waals surface area (Å²) in [5, 5.41) is 0. The molecule has 318 valence electrons. The SMILES string of the molecule is CC(C)(C)c1cccc(-c2ccccc2)c1N(C1=CC=C2C(=Cc3ccccc32)C12C=CC=C1C2=Cc2ccccc21)c1c2c(cc(-c3ccccc3)c1-c1ccccc1)-c1ccccc1C2. The first-order valence-corrected chi connectivity index (χ1v) is 23.7. The molecule has 5 aliphatic carbocycles. The fourth-order valence-corrected chi connectivity index (χ4v) is 11.9. The first-order chi connectivity index (χ1) is 32.9. The van der Waals surface area contributed by atoms with Crippen molar-refractivity contribution < 1.29 is 0 Å². The molecule has 0 heterocycles. The largest absolute Gasteiger partial charge is 0.311 e. The number of fused-ring (bicyclic) bond motifs is 11. The van der Waals surface area contributed by atoms with E-state index in [1.807, 2.05) is 0 Å². The van der Waals surface area contributed by atoms with Gasteiger partial charge in [0.15, 0.2) is 0 Å². The molecule has 0 aromatic heterocycles. The highest BCUT2D eigenvalue weighted by Gasteiger charge is 2.52. The number of hydrogen-bond acceptors (Lipinski definition) is 1. The molecule has 67 heavy (non-hydrogen) atoms. The van der Waals surface area contributed by atoms with Gasteiger partial charge in [0, 0.05) is 23.2 Å². The zero-order valence-corrected chi connectivity index (χ0v) is 38.1. The monoisotopic (exact) mass is 855 g/mol. The van der Waals surface area contributed by atoms with E-state index in [1.54, 1.807) is 0 Å². The highest BCUT2D eigenvalue weighted by molar-refractivity contribution is 6.09. The number of allylic oxidation sites excluding steroid dienone is 7. The van der Waals surface area contributed by atoms with E-state index in [4.69, 9.17) is 0 Å². The third kappa shape index (κ3) is 5.94. The molecule has 13 rings (SSSR count). The van der Waals surface area contributed by atoms with Crippen LogP contribution in [-0.2, 0) is 11.8 Å². The first-order valence-electron chi connectivity index (χ1n) is 23.7. The third-order valence-corrected chi connectivity index (χ3v) is 14.8. The Hall–Kier alpha value is -8.00. The smallest absolute Gasteiger partial charge is 0.0803 e. The number of benzene rings is 8. The van der Waals surface area contributed by atoms with Gasteiger partial charge in [0.1, 0.15) is 0 Å². The molecule has 0 saturated carbocycles. The van der Waals surface area contributed by atoms with Crippen molar-refractivity contribution >= 4 is 34.7 Å². The van der Waals surface area contributed by atoms with E-state index in [9.17, 15) is 0 Å². The summed E-state index contributed by atoms with van der Waals surface area (Å²) in [5.74, 6) is 0. The van der Waals surface area contributed by atoms with E-state index in [1.165, 1.54) is 123 Å². The van der Waals surface area contributed by atoms with Crippen molar-refractivity contribution in [2.24, 2.45) is 5.41 Å². The molecule has 1 unspecified atom stereocenters.